The van der Waals surface area contributed by atoms with Crippen LogP contribution in [0.15, 0.2) is 11.6 Å². The summed E-state index contributed by atoms with van der Waals surface area (Å²) in [7, 11) is 4.03. The molecule has 0 bridgehead atoms. The number of imidazole rings is 1. The Bertz CT molecular complexity index is 418. The van der Waals surface area contributed by atoms with E-state index in [1.165, 1.54) is 5.69 Å². The molecule has 2 aromatic rings. The van der Waals surface area contributed by atoms with Crippen LogP contribution in [0, 0.1) is 0 Å². The molecule has 5 heteroatoms. The van der Waals surface area contributed by atoms with E-state index >= 15 is 0 Å². The second-order valence-corrected chi connectivity index (χ2v) is 4.40. The summed E-state index contributed by atoms with van der Waals surface area (Å²) >= 11 is 5.14. The van der Waals surface area contributed by atoms with E-state index in [9.17, 15) is 0 Å². The number of nitrogens with zero attached hydrogens (tertiary/aromatic N) is 3. The van der Waals surface area contributed by atoms with Crippen LogP contribution in [-0.4, -0.2) is 23.5 Å². The van der Waals surface area contributed by atoms with Crippen molar-refractivity contribution < 1.29 is 0 Å². The summed E-state index contributed by atoms with van der Waals surface area (Å²) in [4.78, 5) is 7.61. The summed E-state index contributed by atoms with van der Waals surface area (Å²) in [5, 5.41) is 2.88. The molecule has 13 heavy (non-hydrogen) atoms. The number of rotatable bonds is 2. The molecule has 2 rings (SSSR count). The van der Waals surface area contributed by atoms with Crippen LogP contribution in [0.2, 0.25) is 0 Å². The van der Waals surface area contributed by atoms with Gasteiger partial charge in [-0.2, -0.15) is 0 Å². The highest BCUT2D eigenvalue weighted by atomic mass is 79.9. The summed E-state index contributed by atoms with van der Waals surface area (Å²) in [6, 6.07) is 0. The van der Waals surface area contributed by atoms with Crippen molar-refractivity contribution in [3.63, 3.8) is 0 Å². The van der Waals surface area contributed by atoms with Gasteiger partial charge in [-0.3, -0.25) is 4.40 Å². The van der Waals surface area contributed by atoms with Crippen molar-refractivity contribution >= 4 is 38.0 Å². The Hall–Kier alpha value is -0.550. The zero-order valence-corrected chi connectivity index (χ0v) is 9.89. The summed E-state index contributed by atoms with van der Waals surface area (Å²) in [6.07, 6.45) is 2.05. The molecule has 0 aliphatic heterocycles. The van der Waals surface area contributed by atoms with Crippen LogP contribution in [0.1, 0.15) is 5.69 Å². The van der Waals surface area contributed by atoms with E-state index in [1.807, 2.05) is 24.4 Å². The van der Waals surface area contributed by atoms with Crippen molar-refractivity contribution in [1.82, 2.24) is 9.38 Å². The van der Waals surface area contributed by atoms with E-state index in [2.05, 4.69) is 31.5 Å². The second kappa shape index (κ2) is 3.31. The molecule has 0 saturated heterocycles. The van der Waals surface area contributed by atoms with Crippen molar-refractivity contribution in [1.29, 1.82) is 0 Å². The van der Waals surface area contributed by atoms with Crippen molar-refractivity contribution in [2.45, 2.75) is 5.33 Å². The number of hydrogen-bond acceptors (Lipinski definition) is 3. The Morgan fingerprint density at radius 3 is 3.00 bits per heavy atom. The fourth-order valence-corrected chi connectivity index (χ4v) is 2.55. The molecule has 0 saturated carbocycles. The van der Waals surface area contributed by atoms with Gasteiger partial charge in [-0.1, -0.05) is 15.9 Å². The first kappa shape index (κ1) is 9.02. The minimum atomic E-state index is 0.832. The molecule has 0 unspecified atom stereocenters. The smallest absolute Gasteiger partial charge is 0.195 e. The molecule has 0 fully saturated rings. The molecular weight excluding hydrogens is 250 g/mol. The van der Waals surface area contributed by atoms with Gasteiger partial charge >= 0.3 is 0 Å². The van der Waals surface area contributed by atoms with Crippen LogP contribution in [-0.2, 0) is 5.33 Å². The topological polar surface area (TPSA) is 20.5 Å². The Kier molecular flexibility index (Phi) is 2.29. The standard InChI is InChI=1S/C8H10BrN3S/c1-11(2)7-6(5-9)12-3-4-13-8(12)10-7/h3-4H,5H2,1-2H3. The lowest BCUT2D eigenvalue weighted by atomic mass is 10.4. The van der Waals surface area contributed by atoms with Gasteiger partial charge in [0.05, 0.1) is 5.69 Å². The van der Waals surface area contributed by atoms with Gasteiger partial charge in [0.2, 0.25) is 0 Å². The third kappa shape index (κ3) is 1.36. The average Bonchev–Trinajstić information content (AvgIpc) is 2.60. The molecule has 3 nitrogen and oxygen atoms in total. The Morgan fingerprint density at radius 1 is 1.62 bits per heavy atom. The van der Waals surface area contributed by atoms with Crippen molar-refractivity contribution in [2.75, 3.05) is 19.0 Å². The van der Waals surface area contributed by atoms with Crippen molar-refractivity contribution in [3.8, 4) is 0 Å². The molecule has 70 valence electrons. The SMILES string of the molecule is CN(C)c1nc2sccn2c1CBr. The van der Waals surface area contributed by atoms with Gasteiger partial charge in [0.1, 0.15) is 0 Å². The molecule has 0 spiro atoms. The number of halogens is 1. The minimum absolute atomic E-state index is 0.832. The quantitative estimate of drug-likeness (QED) is 0.773. The van der Waals surface area contributed by atoms with Gasteiger partial charge in [-0.15, -0.1) is 11.3 Å². The maximum Gasteiger partial charge on any atom is 0.195 e. The Labute approximate surface area is 89.1 Å². The van der Waals surface area contributed by atoms with Gasteiger partial charge in [0.25, 0.3) is 0 Å². The predicted octanol–water partition coefficient (Wildman–Crippen LogP) is 2.36. The highest BCUT2D eigenvalue weighted by Crippen LogP contribution is 2.24. The van der Waals surface area contributed by atoms with Crippen molar-refractivity contribution in [3.05, 3.63) is 17.3 Å². The molecular formula is C8H10BrN3S. The van der Waals surface area contributed by atoms with Gasteiger partial charge in [0, 0.05) is 31.0 Å². The lowest BCUT2D eigenvalue weighted by molar-refractivity contribution is 1.05. The third-order valence-corrected chi connectivity index (χ3v) is 3.18. The first-order valence-corrected chi connectivity index (χ1v) is 5.92. The molecule has 0 aliphatic carbocycles. The third-order valence-electron chi connectivity index (χ3n) is 1.89. The number of anilines is 1. The maximum absolute atomic E-state index is 4.52. The second-order valence-electron chi connectivity index (χ2n) is 2.97. The molecule has 0 amide bonds. The van der Waals surface area contributed by atoms with Crippen LogP contribution in [0.25, 0.3) is 4.96 Å². The summed E-state index contributed by atoms with van der Waals surface area (Å²) in [5.41, 5.74) is 1.21. The predicted molar refractivity (Wildman–Crippen MR) is 60.0 cm³/mol. The fourth-order valence-electron chi connectivity index (χ4n) is 1.30. The number of fused-ring (bicyclic) bond motifs is 1. The molecule has 0 N–H and O–H groups in total. The Balaban J connectivity index is 2.67. The summed E-state index contributed by atoms with van der Waals surface area (Å²) < 4.78 is 2.12. The zero-order chi connectivity index (χ0) is 9.42. The van der Waals surface area contributed by atoms with Gasteiger partial charge in [-0.25, -0.2) is 4.98 Å². The molecule has 0 aromatic carbocycles. The van der Waals surface area contributed by atoms with Crippen LogP contribution in [0.4, 0.5) is 5.82 Å². The average molecular weight is 260 g/mol. The molecule has 2 heterocycles. The lowest BCUT2D eigenvalue weighted by Crippen LogP contribution is -2.11. The summed E-state index contributed by atoms with van der Waals surface area (Å²) in [5.74, 6) is 1.05. The largest absolute Gasteiger partial charge is 0.361 e. The van der Waals surface area contributed by atoms with Crippen LogP contribution in [0.5, 0.6) is 0 Å². The van der Waals surface area contributed by atoms with E-state index in [1.54, 1.807) is 11.3 Å². The van der Waals surface area contributed by atoms with Crippen LogP contribution in [0.3, 0.4) is 0 Å². The molecule has 0 atom stereocenters. The minimum Gasteiger partial charge on any atom is -0.361 e. The van der Waals surface area contributed by atoms with Gasteiger partial charge < -0.3 is 4.90 Å². The molecule has 0 radical (unpaired) electrons. The maximum atomic E-state index is 4.52. The Morgan fingerprint density at radius 2 is 2.38 bits per heavy atom. The van der Waals surface area contributed by atoms with E-state index < -0.39 is 0 Å². The van der Waals surface area contributed by atoms with E-state index in [-0.39, 0.29) is 0 Å². The summed E-state index contributed by atoms with van der Waals surface area (Å²) in [6.45, 7) is 0. The number of thiazole rings is 1. The fraction of sp³-hybridized carbons (Fsp3) is 0.375. The number of aromatic nitrogens is 2. The van der Waals surface area contributed by atoms with Crippen LogP contribution >= 0.6 is 27.3 Å². The van der Waals surface area contributed by atoms with Crippen molar-refractivity contribution in [2.24, 2.45) is 0 Å². The highest BCUT2D eigenvalue weighted by Gasteiger charge is 2.12. The van der Waals surface area contributed by atoms with E-state index in [0.717, 1.165) is 16.1 Å². The lowest BCUT2D eigenvalue weighted by Gasteiger charge is -2.09. The molecule has 0 aliphatic rings. The molecule has 2 aromatic heterocycles. The zero-order valence-electron chi connectivity index (χ0n) is 7.49. The van der Waals surface area contributed by atoms with Crippen LogP contribution < -0.4 is 4.90 Å². The van der Waals surface area contributed by atoms with Gasteiger partial charge in [0.15, 0.2) is 10.8 Å². The monoisotopic (exact) mass is 259 g/mol. The first-order valence-electron chi connectivity index (χ1n) is 3.91. The normalized spacial score (nSPS) is 11.0. The highest BCUT2D eigenvalue weighted by molar-refractivity contribution is 9.08. The van der Waals surface area contributed by atoms with Gasteiger partial charge in [-0.05, 0) is 0 Å². The number of hydrogen-bond donors (Lipinski definition) is 0. The number of alkyl halides is 1. The first-order chi connectivity index (χ1) is 6.24. The van der Waals surface area contributed by atoms with E-state index in [4.69, 9.17) is 0 Å². The van der Waals surface area contributed by atoms with E-state index in [0.29, 0.717) is 0 Å².